The maximum atomic E-state index is 13.0. The number of aliphatic hydroxyl groups excluding tert-OH is 1. The molecule has 3 amide bonds. The predicted molar refractivity (Wildman–Crippen MR) is 89.9 cm³/mol. The van der Waals surface area contributed by atoms with Crippen LogP contribution in [-0.4, -0.2) is 54.9 Å². The maximum Gasteiger partial charge on any atom is 0.416 e. The van der Waals surface area contributed by atoms with Crippen molar-refractivity contribution in [2.45, 2.75) is 31.2 Å². The van der Waals surface area contributed by atoms with Crippen LogP contribution in [0.4, 0.5) is 22.8 Å². The topological polar surface area (TPSA) is 90.9 Å². The summed E-state index contributed by atoms with van der Waals surface area (Å²) in [6.07, 6.45) is -5.45. The predicted octanol–water partition coefficient (Wildman–Crippen LogP) is 2.27. The van der Waals surface area contributed by atoms with Crippen LogP contribution in [0, 0.1) is 0 Å². The number of halogens is 3. The van der Waals surface area contributed by atoms with E-state index in [1.54, 1.807) is 0 Å². The number of carbonyl (C=O) groups excluding carboxylic acids is 2. The summed E-state index contributed by atoms with van der Waals surface area (Å²) in [5.74, 6) is 0. The summed E-state index contributed by atoms with van der Waals surface area (Å²) in [5, 5.41) is 15.1. The third-order valence-corrected chi connectivity index (χ3v) is 4.34. The zero-order valence-electron chi connectivity index (χ0n) is 14.8. The van der Waals surface area contributed by atoms with Crippen LogP contribution in [0.1, 0.15) is 30.1 Å². The minimum atomic E-state index is -4.59. The molecule has 0 unspecified atom stereocenters. The lowest BCUT2D eigenvalue weighted by Crippen LogP contribution is -2.49. The molecule has 1 atom stereocenters. The molecule has 10 heteroatoms. The number of amides is 3. The number of ether oxygens (including phenoxy) is 1. The SMILES string of the molecule is COC(=O)N1CCC(NC(=O)NC[C@@H](O)c2ccccc2C(F)(F)F)CC1. The highest BCUT2D eigenvalue weighted by Gasteiger charge is 2.34. The average Bonchev–Trinajstić information content (AvgIpc) is 2.65. The Morgan fingerprint density at radius 3 is 2.52 bits per heavy atom. The molecule has 1 saturated heterocycles. The van der Waals surface area contributed by atoms with E-state index in [1.165, 1.54) is 30.2 Å². The van der Waals surface area contributed by atoms with Crippen LogP contribution >= 0.6 is 0 Å². The molecule has 0 radical (unpaired) electrons. The fourth-order valence-electron chi connectivity index (χ4n) is 2.92. The Morgan fingerprint density at radius 2 is 1.93 bits per heavy atom. The number of rotatable bonds is 4. The van der Waals surface area contributed by atoms with E-state index in [-0.39, 0.29) is 18.2 Å². The summed E-state index contributed by atoms with van der Waals surface area (Å²) in [5.41, 5.74) is -1.23. The van der Waals surface area contributed by atoms with Gasteiger partial charge in [0.05, 0.1) is 18.8 Å². The van der Waals surface area contributed by atoms with Gasteiger partial charge < -0.3 is 25.4 Å². The summed E-state index contributed by atoms with van der Waals surface area (Å²) in [6, 6.07) is 3.92. The normalized spacial score (nSPS) is 16.6. The molecule has 1 fully saturated rings. The number of methoxy groups -OCH3 is 1. The number of nitrogens with one attached hydrogen (secondary N) is 2. The molecule has 0 saturated carbocycles. The van der Waals surface area contributed by atoms with Crippen molar-refractivity contribution in [2.75, 3.05) is 26.7 Å². The Hall–Kier alpha value is -2.49. The smallest absolute Gasteiger partial charge is 0.416 e. The highest BCUT2D eigenvalue weighted by atomic mass is 19.4. The molecule has 1 aliphatic heterocycles. The van der Waals surface area contributed by atoms with Crippen LogP contribution < -0.4 is 10.6 Å². The molecule has 2 rings (SSSR count). The Bertz CT molecular complexity index is 661. The molecule has 150 valence electrons. The van der Waals surface area contributed by atoms with Crippen LogP contribution in [0.5, 0.6) is 0 Å². The first-order valence-corrected chi connectivity index (χ1v) is 8.43. The van der Waals surface area contributed by atoms with Crippen LogP contribution in [0.2, 0.25) is 0 Å². The quantitative estimate of drug-likeness (QED) is 0.737. The molecule has 7 nitrogen and oxygen atoms in total. The van der Waals surface area contributed by atoms with Crippen molar-refractivity contribution in [2.24, 2.45) is 0 Å². The lowest BCUT2D eigenvalue weighted by atomic mass is 10.0. The van der Waals surface area contributed by atoms with Crippen LogP contribution in [0.3, 0.4) is 0 Å². The number of benzene rings is 1. The summed E-state index contributed by atoms with van der Waals surface area (Å²) < 4.78 is 43.6. The highest BCUT2D eigenvalue weighted by molar-refractivity contribution is 5.74. The van der Waals surface area contributed by atoms with Gasteiger partial charge in [-0.2, -0.15) is 13.2 Å². The van der Waals surface area contributed by atoms with Crippen molar-refractivity contribution in [3.05, 3.63) is 35.4 Å². The summed E-state index contributed by atoms with van der Waals surface area (Å²) in [4.78, 5) is 24.9. The molecular weight excluding hydrogens is 367 g/mol. The number of hydrogen-bond donors (Lipinski definition) is 3. The fraction of sp³-hybridized carbons (Fsp3) is 0.529. The van der Waals surface area contributed by atoms with E-state index < -0.39 is 30.0 Å². The van der Waals surface area contributed by atoms with Crippen LogP contribution in [0.15, 0.2) is 24.3 Å². The number of aliphatic hydroxyl groups is 1. The molecule has 27 heavy (non-hydrogen) atoms. The zero-order valence-corrected chi connectivity index (χ0v) is 14.8. The Labute approximate surface area is 154 Å². The van der Waals surface area contributed by atoms with Gasteiger partial charge in [-0.05, 0) is 24.5 Å². The Balaban J connectivity index is 1.82. The number of likely N-dealkylation sites (tertiary alicyclic amines) is 1. The minimum Gasteiger partial charge on any atom is -0.453 e. The Morgan fingerprint density at radius 1 is 1.30 bits per heavy atom. The van der Waals surface area contributed by atoms with E-state index in [0.29, 0.717) is 25.9 Å². The fourth-order valence-corrected chi connectivity index (χ4v) is 2.92. The first-order chi connectivity index (χ1) is 12.7. The first-order valence-electron chi connectivity index (χ1n) is 8.43. The lowest BCUT2D eigenvalue weighted by molar-refractivity contribution is -0.139. The number of piperidine rings is 1. The molecule has 1 heterocycles. The van der Waals surface area contributed by atoms with Crippen molar-refractivity contribution in [3.8, 4) is 0 Å². The van der Waals surface area contributed by atoms with Gasteiger partial charge in [0.25, 0.3) is 0 Å². The van der Waals surface area contributed by atoms with Crippen LogP contribution in [0.25, 0.3) is 0 Å². The van der Waals surface area contributed by atoms with E-state index in [4.69, 9.17) is 0 Å². The van der Waals surface area contributed by atoms with Gasteiger partial charge in [-0.3, -0.25) is 0 Å². The number of urea groups is 1. The van der Waals surface area contributed by atoms with Crippen molar-refractivity contribution >= 4 is 12.1 Å². The average molecular weight is 389 g/mol. The number of carbonyl (C=O) groups is 2. The highest BCUT2D eigenvalue weighted by Crippen LogP contribution is 2.34. The van der Waals surface area contributed by atoms with Crippen molar-refractivity contribution < 1.29 is 32.6 Å². The molecule has 0 spiro atoms. The second-order valence-electron chi connectivity index (χ2n) is 6.19. The van der Waals surface area contributed by atoms with Gasteiger partial charge in [0, 0.05) is 25.7 Å². The monoisotopic (exact) mass is 389 g/mol. The van der Waals surface area contributed by atoms with Gasteiger partial charge in [0.2, 0.25) is 0 Å². The third kappa shape index (κ3) is 5.75. The van der Waals surface area contributed by atoms with Crippen molar-refractivity contribution in [1.29, 1.82) is 0 Å². The van der Waals surface area contributed by atoms with Crippen molar-refractivity contribution in [3.63, 3.8) is 0 Å². The van der Waals surface area contributed by atoms with Gasteiger partial charge in [0.1, 0.15) is 0 Å². The molecule has 0 bridgehead atoms. The lowest BCUT2D eigenvalue weighted by Gasteiger charge is -2.31. The third-order valence-electron chi connectivity index (χ3n) is 4.34. The molecule has 0 aromatic heterocycles. The molecule has 1 aromatic rings. The molecule has 1 aromatic carbocycles. The summed E-state index contributed by atoms with van der Waals surface area (Å²) >= 11 is 0. The molecule has 0 aliphatic carbocycles. The second-order valence-corrected chi connectivity index (χ2v) is 6.19. The first kappa shape index (κ1) is 20.8. The van der Waals surface area contributed by atoms with Gasteiger partial charge in [-0.1, -0.05) is 18.2 Å². The molecule has 3 N–H and O–H groups in total. The standard InChI is InChI=1S/C17H22F3N3O4/c1-27-16(26)23-8-6-11(7-9-23)22-15(25)21-10-14(24)12-4-2-3-5-13(12)17(18,19)20/h2-5,11,14,24H,6-10H2,1H3,(H2,21,22,25)/t14-/m1/s1. The van der Waals surface area contributed by atoms with E-state index >= 15 is 0 Å². The van der Waals surface area contributed by atoms with Gasteiger partial charge in [-0.15, -0.1) is 0 Å². The molecule has 1 aliphatic rings. The zero-order chi connectivity index (χ0) is 20.0. The van der Waals surface area contributed by atoms with Gasteiger partial charge in [-0.25, -0.2) is 9.59 Å². The maximum absolute atomic E-state index is 13.0. The number of nitrogens with zero attached hydrogens (tertiary/aromatic N) is 1. The van der Waals surface area contributed by atoms with E-state index in [9.17, 15) is 27.9 Å². The Kier molecular flexibility index (Phi) is 6.89. The van der Waals surface area contributed by atoms with E-state index in [0.717, 1.165) is 6.07 Å². The van der Waals surface area contributed by atoms with E-state index in [2.05, 4.69) is 15.4 Å². The van der Waals surface area contributed by atoms with Gasteiger partial charge in [0.15, 0.2) is 0 Å². The van der Waals surface area contributed by atoms with Crippen LogP contribution in [-0.2, 0) is 10.9 Å². The summed E-state index contributed by atoms with van der Waals surface area (Å²) in [7, 11) is 1.29. The van der Waals surface area contributed by atoms with Gasteiger partial charge >= 0.3 is 18.3 Å². The summed E-state index contributed by atoms with van der Waals surface area (Å²) in [6.45, 7) is 0.498. The molecular formula is C17H22F3N3O4. The number of hydrogen-bond acceptors (Lipinski definition) is 4. The van der Waals surface area contributed by atoms with Crippen molar-refractivity contribution in [1.82, 2.24) is 15.5 Å². The minimum absolute atomic E-state index is 0.175. The second kappa shape index (κ2) is 8.94. The number of alkyl halides is 3. The largest absolute Gasteiger partial charge is 0.453 e. The van der Waals surface area contributed by atoms with E-state index in [1.807, 2.05) is 0 Å².